The zero-order valence-corrected chi connectivity index (χ0v) is 11.9. The first-order chi connectivity index (χ1) is 8.40. The maximum absolute atomic E-state index is 11.2. The Morgan fingerprint density at radius 1 is 1.39 bits per heavy atom. The molecule has 98 valence electrons. The van der Waals surface area contributed by atoms with Crippen LogP contribution in [0.4, 0.5) is 0 Å². The van der Waals surface area contributed by atoms with Gasteiger partial charge in [0.05, 0.1) is 5.02 Å². The summed E-state index contributed by atoms with van der Waals surface area (Å²) in [6, 6.07) is 3.45. The summed E-state index contributed by atoms with van der Waals surface area (Å²) < 4.78 is 10.6. The molecule has 0 saturated heterocycles. The molecule has 0 spiro atoms. The molecule has 7 heteroatoms. The molecule has 0 radical (unpaired) electrons. The first-order valence-corrected chi connectivity index (χ1v) is 6.09. The molecule has 0 aliphatic carbocycles. The smallest absolute Gasteiger partial charge is 0.344 e. The van der Waals surface area contributed by atoms with E-state index in [0.29, 0.717) is 10.8 Å². The van der Waals surface area contributed by atoms with E-state index in [4.69, 9.17) is 22.1 Å². The van der Waals surface area contributed by atoms with Crippen molar-refractivity contribution in [3.63, 3.8) is 0 Å². The van der Waals surface area contributed by atoms with Crippen molar-refractivity contribution in [2.75, 3.05) is 13.2 Å². The molecule has 1 aromatic carbocycles. The molecule has 0 aliphatic heterocycles. The number of halogens is 2. The number of benzene rings is 1. The molecule has 0 heterocycles. The van der Waals surface area contributed by atoms with E-state index in [1.165, 1.54) is 0 Å². The highest BCUT2D eigenvalue weighted by atomic mass is 79.9. The fourth-order valence-electron chi connectivity index (χ4n) is 1.20. The third kappa shape index (κ3) is 4.54. The van der Waals surface area contributed by atoms with Gasteiger partial charge in [0.1, 0.15) is 5.75 Å². The van der Waals surface area contributed by atoms with Gasteiger partial charge in [-0.25, -0.2) is 4.79 Å². The topological polar surface area (TPSA) is 78.6 Å². The lowest BCUT2D eigenvalue weighted by Crippen LogP contribution is -2.23. The van der Waals surface area contributed by atoms with Crippen molar-refractivity contribution < 1.29 is 19.1 Å². The lowest BCUT2D eigenvalue weighted by atomic mass is 10.2. The summed E-state index contributed by atoms with van der Waals surface area (Å²) in [7, 11) is 0. The molecule has 2 N–H and O–H groups in total. The molecular weight excluding hydrogens is 325 g/mol. The standard InChI is InChI=1S/C11H11BrClNO4/c1-6-2-7(12)3-8(13)11(6)18-5-10(16)17-4-9(14)15/h2-3H,4-5H2,1H3,(H2,14,15). The third-order valence-electron chi connectivity index (χ3n) is 1.90. The zero-order valence-electron chi connectivity index (χ0n) is 9.54. The Morgan fingerprint density at radius 2 is 2.06 bits per heavy atom. The van der Waals surface area contributed by atoms with Crippen molar-refractivity contribution in [2.45, 2.75) is 6.92 Å². The van der Waals surface area contributed by atoms with E-state index in [2.05, 4.69) is 20.7 Å². The Bertz CT molecular complexity index is 455. The SMILES string of the molecule is Cc1cc(Br)cc(Cl)c1OCC(=O)OCC(N)=O. The van der Waals surface area contributed by atoms with Crippen LogP contribution in [0.1, 0.15) is 5.56 Å². The van der Waals surface area contributed by atoms with E-state index in [1.54, 1.807) is 19.1 Å². The van der Waals surface area contributed by atoms with Gasteiger partial charge >= 0.3 is 5.97 Å². The number of hydrogen-bond donors (Lipinski definition) is 1. The van der Waals surface area contributed by atoms with E-state index >= 15 is 0 Å². The average Bonchev–Trinajstić information content (AvgIpc) is 2.24. The van der Waals surface area contributed by atoms with Gasteiger partial charge in [0.25, 0.3) is 5.91 Å². The highest BCUT2D eigenvalue weighted by molar-refractivity contribution is 9.10. The van der Waals surface area contributed by atoms with Crippen LogP contribution in [0, 0.1) is 6.92 Å². The second-order valence-corrected chi connectivity index (χ2v) is 4.77. The van der Waals surface area contributed by atoms with Crippen LogP contribution < -0.4 is 10.5 Å². The van der Waals surface area contributed by atoms with Crippen LogP contribution in [-0.2, 0) is 14.3 Å². The van der Waals surface area contributed by atoms with E-state index in [9.17, 15) is 9.59 Å². The fraction of sp³-hybridized carbons (Fsp3) is 0.273. The van der Waals surface area contributed by atoms with Crippen molar-refractivity contribution in [2.24, 2.45) is 5.73 Å². The predicted molar refractivity (Wildman–Crippen MR) is 69.5 cm³/mol. The van der Waals surface area contributed by atoms with Crippen LogP contribution in [-0.4, -0.2) is 25.1 Å². The average molecular weight is 337 g/mol. The summed E-state index contributed by atoms with van der Waals surface area (Å²) in [4.78, 5) is 21.6. The van der Waals surface area contributed by atoms with Crippen LogP contribution in [0.15, 0.2) is 16.6 Å². The molecule has 18 heavy (non-hydrogen) atoms. The van der Waals surface area contributed by atoms with Gasteiger partial charge in [-0.1, -0.05) is 27.5 Å². The van der Waals surface area contributed by atoms with Crippen molar-refractivity contribution in [3.05, 3.63) is 27.2 Å². The maximum atomic E-state index is 11.2. The van der Waals surface area contributed by atoms with E-state index in [1.807, 2.05) is 0 Å². The summed E-state index contributed by atoms with van der Waals surface area (Å²) in [6.07, 6.45) is 0. The molecule has 1 aromatic rings. The second-order valence-electron chi connectivity index (χ2n) is 3.45. The zero-order chi connectivity index (χ0) is 13.7. The van der Waals surface area contributed by atoms with E-state index in [-0.39, 0.29) is 6.61 Å². The number of carbonyl (C=O) groups is 2. The number of rotatable bonds is 5. The van der Waals surface area contributed by atoms with Crippen LogP contribution in [0.5, 0.6) is 5.75 Å². The molecule has 1 amide bonds. The summed E-state index contributed by atoms with van der Waals surface area (Å²) in [5.41, 5.74) is 5.60. The van der Waals surface area contributed by atoms with Gasteiger partial charge < -0.3 is 15.2 Å². The number of hydrogen-bond acceptors (Lipinski definition) is 4. The van der Waals surface area contributed by atoms with Crippen molar-refractivity contribution in [3.8, 4) is 5.75 Å². The normalized spacial score (nSPS) is 9.94. The molecule has 1 rings (SSSR count). The van der Waals surface area contributed by atoms with Gasteiger partial charge in [-0.3, -0.25) is 4.79 Å². The van der Waals surface area contributed by atoms with Gasteiger partial charge in [-0.05, 0) is 24.6 Å². The van der Waals surface area contributed by atoms with Gasteiger partial charge in [-0.15, -0.1) is 0 Å². The number of esters is 1. The van der Waals surface area contributed by atoms with E-state index < -0.39 is 18.5 Å². The fourth-order valence-corrected chi connectivity index (χ4v) is 2.22. The number of ether oxygens (including phenoxy) is 2. The van der Waals surface area contributed by atoms with Crippen molar-refractivity contribution in [1.82, 2.24) is 0 Å². The van der Waals surface area contributed by atoms with Gasteiger partial charge in [0.15, 0.2) is 13.2 Å². The van der Waals surface area contributed by atoms with Gasteiger partial charge in [0, 0.05) is 4.47 Å². The maximum Gasteiger partial charge on any atom is 0.344 e. The Balaban J connectivity index is 2.58. The molecule has 5 nitrogen and oxygen atoms in total. The summed E-state index contributed by atoms with van der Waals surface area (Å²) >= 11 is 9.25. The van der Waals surface area contributed by atoms with Gasteiger partial charge in [-0.2, -0.15) is 0 Å². The number of nitrogens with two attached hydrogens (primary N) is 1. The largest absolute Gasteiger partial charge is 0.480 e. The number of primary amides is 1. The van der Waals surface area contributed by atoms with Crippen molar-refractivity contribution in [1.29, 1.82) is 0 Å². The molecular formula is C11H11BrClNO4. The van der Waals surface area contributed by atoms with Crippen LogP contribution in [0.25, 0.3) is 0 Å². The molecule has 0 atom stereocenters. The highest BCUT2D eigenvalue weighted by Crippen LogP contribution is 2.31. The first-order valence-electron chi connectivity index (χ1n) is 4.92. The quantitative estimate of drug-likeness (QED) is 0.832. The lowest BCUT2D eigenvalue weighted by Gasteiger charge is -2.10. The third-order valence-corrected chi connectivity index (χ3v) is 2.64. The monoisotopic (exact) mass is 335 g/mol. The van der Waals surface area contributed by atoms with Crippen LogP contribution >= 0.6 is 27.5 Å². The molecule has 0 unspecified atom stereocenters. The molecule has 0 saturated carbocycles. The molecule has 0 aromatic heterocycles. The van der Waals surface area contributed by atoms with Crippen LogP contribution in [0.2, 0.25) is 5.02 Å². The lowest BCUT2D eigenvalue weighted by molar-refractivity contribution is -0.149. The Kier molecular flexibility index (Phi) is 5.43. The van der Waals surface area contributed by atoms with Crippen LogP contribution in [0.3, 0.4) is 0 Å². The van der Waals surface area contributed by atoms with Crippen molar-refractivity contribution >= 4 is 39.4 Å². The van der Waals surface area contributed by atoms with Gasteiger partial charge in [0.2, 0.25) is 0 Å². The first kappa shape index (κ1) is 14.8. The summed E-state index contributed by atoms with van der Waals surface area (Å²) in [5, 5.41) is 0.379. The predicted octanol–water partition coefficient (Wildman–Crippen LogP) is 1.82. The minimum absolute atomic E-state index is 0.338. The summed E-state index contributed by atoms with van der Waals surface area (Å²) in [5.74, 6) is -1.01. The minimum Gasteiger partial charge on any atom is -0.480 e. The minimum atomic E-state index is -0.721. The Labute approximate surface area is 117 Å². The molecule has 0 fully saturated rings. The number of amides is 1. The molecule has 0 aliphatic rings. The van der Waals surface area contributed by atoms with E-state index in [0.717, 1.165) is 10.0 Å². The second kappa shape index (κ2) is 6.61. The summed E-state index contributed by atoms with van der Waals surface area (Å²) in [6.45, 7) is 0.992. The number of carbonyl (C=O) groups excluding carboxylic acids is 2. The Hall–Kier alpha value is -1.27. The highest BCUT2D eigenvalue weighted by Gasteiger charge is 2.11. The molecule has 0 bridgehead atoms. The Morgan fingerprint density at radius 3 is 2.61 bits per heavy atom. The number of aryl methyl sites for hydroxylation is 1.